The van der Waals surface area contributed by atoms with Gasteiger partial charge in [-0.05, 0) is 48.6 Å². The van der Waals surface area contributed by atoms with Gasteiger partial charge in [0.2, 0.25) is 0 Å². The van der Waals surface area contributed by atoms with Crippen LogP contribution in [-0.2, 0) is 19.6 Å². The number of aryl methyl sites for hydroxylation is 3. The van der Waals surface area contributed by atoms with Crippen LogP contribution >= 0.6 is 0 Å². The molecule has 0 atom stereocenters. The van der Waals surface area contributed by atoms with Gasteiger partial charge in [0.1, 0.15) is 0 Å². The first-order valence-corrected chi connectivity index (χ1v) is 7.72. The molecule has 1 heterocycles. The van der Waals surface area contributed by atoms with Crippen LogP contribution in [0.4, 0.5) is 0 Å². The quantitative estimate of drug-likeness (QED) is 0.913. The third-order valence-electron chi connectivity index (χ3n) is 4.26. The lowest BCUT2D eigenvalue weighted by atomic mass is 9.99. The summed E-state index contributed by atoms with van der Waals surface area (Å²) in [4.78, 5) is 12.5. The fraction of sp³-hybridized carbons (Fsp3) is 0.316. The maximum atomic E-state index is 12.5. The Labute approximate surface area is 131 Å². The van der Waals surface area contributed by atoms with Gasteiger partial charge in [-0.15, -0.1) is 0 Å². The van der Waals surface area contributed by atoms with E-state index in [1.165, 1.54) is 16.7 Å². The van der Waals surface area contributed by atoms with Crippen LogP contribution < -0.4 is 10.6 Å². The van der Waals surface area contributed by atoms with Gasteiger partial charge in [-0.1, -0.05) is 35.9 Å². The number of hydrogen-bond donors (Lipinski definition) is 2. The first-order chi connectivity index (χ1) is 10.5. The molecule has 0 spiro atoms. The van der Waals surface area contributed by atoms with E-state index in [0.29, 0.717) is 6.54 Å². The molecule has 0 radical (unpaired) electrons. The van der Waals surface area contributed by atoms with Crippen LogP contribution in [0, 0.1) is 20.8 Å². The molecule has 1 amide bonds. The summed E-state index contributed by atoms with van der Waals surface area (Å²) in [5.74, 6) is 0.00798. The van der Waals surface area contributed by atoms with Crippen LogP contribution in [0.25, 0.3) is 0 Å². The van der Waals surface area contributed by atoms with E-state index in [1.807, 2.05) is 13.8 Å². The molecule has 0 aliphatic carbocycles. The van der Waals surface area contributed by atoms with Gasteiger partial charge in [0.05, 0.1) is 0 Å². The van der Waals surface area contributed by atoms with Crippen molar-refractivity contribution >= 4 is 5.91 Å². The first kappa shape index (κ1) is 14.8. The summed E-state index contributed by atoms with van der Waals surface area (Å²) in [7, 11) is 0. The van der Waals surface area contributed by atoms with Crippen molar-refractivity contribution < 1.29 is 4.79 Å². The topological polar surface area (TPSA) is 41.1 Å². The number of nitrogens with one attached hydrogen (secondary N) is 2. The predicted molar refractivity (Wildman–Crippen MR) is 88.8 cm³/mol. The summed E-state index contributed by atoms with van der Waals surface area (Å²) >= 11 is 0. The van der Waals surface area contributed by atoms with Crippen LogP contribution in [0.15, 0.2) is 30.3 Å². The molecule has 1 aliphatic heterocycles. The lowest BCUT2D eigenvalue weighted by Gasteiger charge is -2.12. The maximum Gasteiger partial charge on any atom is 0.252 e. The molecule has 3 heteroatoms. The van der Waals surface area contributed by atoms with E-state index >= 15 is 0 Å². The van der Waals surface area contributed by atoms with E-state index in [1.54, 1.807) is 0 Å². The molecule has 3 nitrogen and oxygen atoms in total. The summed E-state index contributed by atoms with van der Waals surface area (Å²) in [5, 5.41) is 6.39. The van der Waals surface area contributed by atoms with E-state index in [0.717, 1.165) is 35.3 Å². The van der Waals surface area contributed by atoms with Gasteiger partial charge >= 0.3 is 0 Å². The van der Waals surface area contributed by atoms with Crippen molar-refractivity contribution in [2.75, 3.05) is 0 Å². The summed E-state index contributed by atoms with van der Waals surface area (Å²) in [6, 6.07) is 10.6. The van der Waals surface area contributed by atoms with E-state index in [-0.39, 0.29) is 5.91 Å². The van der Waals surface area contributed by atoms with Crippen LogP contribution in [0.2, 0.25) is 0 Å². The average Bonchev–Trinajstić information content (AvgIpc) is 2.91. The minimum atomic E-state index is 0.00798. The largest absolute Gasteiger partial charge is 0.348 e. The Kier molecular flexibility index (Phi) is 3.99. The highest BCUT2D eigenvalue weighted by Gasteiger charge is 2.14. The SMILES string of the molecule is Cc1cc(C)c(C(=O)NCc2ccc3c(c2)CNC3)c(C)c1. The van der Waals surface area contributed by atoms with Crippen molar-refractivity contribution in [3.8, 4) is 0 Å². The summed E-state index contributed by atoms with van der Waals surface area (Å²) in [6.45, 7) is 8.49. The Balaban J connectivity index is 1.73. The molecule has 22 heavy (non-hydrogen) atoms. The molecule has 0 bridgehead atoms. The highest BCUT2D eigenvalue weighted by Crippen LogP contribution is 2.18. The number of fused-ring (bicyclic) bond motifs is 1. The van der Waals surface area contributed by atoms with Gasteiger partial charge in [0, 0.05) is 25.2 Å². The summed E-state index contributed by atoms with van der Waals surface area (Å²) < 4.78 is 0. The van der Waals surface area contributed by atoms with Crippen molar-refractivity contribution in [3.63, 3.8) is 0 Å². The Morgan fingerprint density at radius 1 is 1.05 bits per heavy atom. The Bertz CT molecular complexity index is 711. The predicted octanol–water partition coefficient (Wildman–Crippen LogP) is 3.15. The monoisotopic (exact) mass is 294 g/mol. The number of carbonyl (C=O) groups excluding carboxylic acids is 1. The van der Waals surface area contributed by atoms with Gasteiger partial charge < -0.3 is 10.6 Å². The first-order valence-electron chi connectivity index (χ1n) is 7.72. The molecule has 2 N–H and O–H groups in total. The highest BCUT2D eigenvalue weighted by atomic mass is 16.1. The average molecular weight is 294 g/mol. The normalized spacial score (nSPS) is 13.0. The van der Waals surface area contributed by atoms with Crippen molar-refractivity contribution in [1.29, 1.82) is 0 Å². The molecule has 2 aromatic carbocycles. The van der Waals surface area contributed by atoms with Crippen molar-refractivity contribution in [3.05, 3.63) is 69.3 Å². The molecular weight excluding hydrogens is 272 g/mol. The molecule has 2 aromatic rings. The number of rotatable bonds is 3. The molecule has 1 aliphatic rings. The van der Waals surface area contributed by atoms with Gasteiger partial charge in [0.15, 0.2) is 0 Å². The van der Waals surface area contributed by atoms with Crippen molar-refractivity contribution in [1.82, 2.24) is 10.6 Å². The highest BCUT2D eigenvalue weighted by molar-refractivity contribution is 5.97. The van der Waals surface area contributed by atoms with Crippen LogP contribution in [0.3, 0.4) is 0 Å². The third-order valence-corrected chi connectivity index (χ3v) is 4.26. The lowest BCUT2D eigenvalue weighted by Crippen LogP contribution is -2.24. The van der Waals surface area contributed by atoms with E-state index < -0.39 is 0 Å². The van der Waals surface area contributed by atoms with Gasteiger partial charge in [-0.2, -0.15) is 0 Å². The van der Waals surface area contributed by atoms with Crippen LogP contribution in [-0.4, -0.2) is 5.91 Å². The van der Waals surface area contributed by atoms with Gasteiger partial charge in [0.25, 0.3) is 5.91 Å². The van der Waals surface area contributed by atoms with Crippen molar-refractivity contribution in [2.24, 2.45) is 0 Å². The van der Waals surface area contributed by atoms with E-state index in [9.17, 15) is 4.79 Å². The lowest BCUT2D eigenvalue weighted by molar-refractivity contribution is 0.0949. The fourth-order valence-electron chi connectivity index (χ4n) is 3.27. The zero-order chi connectivity index (χ0) is 15.7. The minimum Gasteiger partial charge on any atom is -0.348 e. The molecular formula is C19H22N2O. The molecule has 0 saturated heterocycles. The second-order valence-corrected chi connectivity index (χ2v) is 6.16. The molecule has 0 unspecified atom stereocenters. The maximum absolute atomic E-state index is 12.5. The van der Waals surface area contributed by atoms with E-state index in [4.69, 9.17) is 0 Å². The number of benzene rings is 2. The summed E-state index contributed by atoms with van der Waals surface area (Å²) in [6.07, 6.45) is 0. The number of amides is 1. The minimum absolute atomic E-state index is 0.00798. The zero-order valence-electron chi connectivity index (χ0n) is 13.4. The number of hydrogen-bond acceptors (Lipinski definition) is 2. The second kappa shape index (κ2) is 5.93. The molecule has 0 saturated carbocycles. The van der Waals surface area contributed by atoms with Gasteiger partial charge in [-0.25, -0.2) is 0 Å². The molecule has 3 rings (SSSR count). The molecule has 0 fully saturated rings. The fourth-order valence-corrected chi connectivity index (χ4v) is 3.27. The molecule has 0 aromatic heterocycles. The van der Waals surface area contributed by atoms with Gasteiger partial charge in [-0.3, -0.25) is 4.79 Å². The molecule has 114 valence electrons. The smallest absolute Gasteiger partial charge is 0.252 e. The van der Waals surface area contributed by atoms with Crippen molar-refractivity contribution in [2.45, 2.75) is 40.4 Å². The standard InChI is InChI=1S/C19H22N2O/c1-12-6-13(2)18(14(3)7-12)19(22)21-9-15-4-5-16-10-20-11-17(16)8-15/h4-8,20H,9-11H2,1-3H3,(H,21,22). The Morgan fingerprint density at radius 2 is 1.73 bits per heavy atom. The second-order valence-electron chi connectivity index (χ2n) is 6.16. The summed E-state index contributed by atoms with van der Waals surface area (Å²) in [5.41, 5.74) is 7.92. The Hall–Kier alpha value is -2.13. The van der Waals surface area contributed by atoms with Crippen LogP contribution in [0.5, 0.6) is 0 Å². The third kappa shape index (κ3) is 2.90. The van der Waals surface area contributed by atoms with Crippen LogP contribution in [0.1, 0.15) is 43.7 Å². The van der Waals surface area contributed by atoms with E-state index in [2.05, 4.69) is 47.9 Å². The zero-order valence-corrected chi connectivity index (χ0v) is 13.4. The Morgan fingerprint density at radius 3 is 2.45 bits per heavy atom. The number of carbonyl (C=O) groups is 1.